The smallest absolute Gasteiger partial charge is 0.126 e. The summed E-state index contributed by atoms with van der Waals surface area (Å²) in [7, 11) is 0. The number of benzene rings is 1. The maximum Gasteiger partial charge on any atom is 0.126 e. The Kier molecular flexibility index (Phi) is 6.66. The minimum Gasteiger partial charge on any atom is -0.316 e. The number of hydrogen-bond donors (Lipinski definition) is 1. The number of rotatable bonds is 7. The highest BCUT2D eigenvalue weighted by atomic mass is 35.5. The maximum atomic E-state index is 13.6. The van der Waals surface area contributed by atoms with Crippen molar-refractivity contribution in [3.8, 4) is 0 Å². The van der Waals surface area contributed by atoms with E-state index in [1.54, 1.807) is 12.1 Å². The first-order chi connectivity index (χ1) is 8.52. The molecule has 0 saturated carbocycles. The topological polar surface area (TPSA) is 12.0 Å². The van der Waals surface area contributed by atoms with E-state index in [1.807, 2.05) is 0 Å². The minimum atomic E-state index is -0.151. The van der Waals surface area contributed by atoms with Crippen LogP contribution in [-0.4, -0.2) is 13.1 Å². The average molecular weight is 272 g/mol. The molecule has 1 rings (SSSR count). The second-order valence-electron chi connectivity index (χ2n) is 5.27. The molecule has 102 valence electrons. The van der Waals surface area contributed by atoms with Crippen LogP contribution in [-0.2, 0) is 6.42 Å². The number of hydrogen-bond acceptors (Lipinski definition) is 1. The van der Waals surface area contributed by atoms with Crippen molar-refractivity contribution in [1.82, 2.24) is 5.32 Å². The standard InChI is InChI=1S/C15H23ClFN/c1-4-12(10-18-9-11(2)3)7-13-8-14(16)5-6-15(13)17/h5-6,8,11-12,18H,4,7,9-10H2,1-3H3. The van der Waals surface area contributed by atoms with Gasteiger partial charge in [0.15, 0.2) is 0 Å². The van der Waals surface area contributed by atoms with Crippen molar-refractivity contribution in [2.24, 2.45) is 11.8 Å². The summed E-state index contributed by atoms with van der Waals surface area (Å²) in [5.74, 6) is 0.948. The molecule has 3 heteroatoms. The predicted molar refractivity (Wildman–Crippen MR) is 76.6 cm³/mol. The van der Waals surface area contributed by atoms with Gasteiger partial charge in [-0.15, -0.1) is 0 Å². The monoisotopic (exact) mass is 271 g/mol. The van der Waals surface area contributed by atoms with Crippen LogP contribution in [0.15, 0.2) is 18.2 Å². The Balaban J connectivity index is 2.54. The van der Waals surface area contributed by atoms with Gasteiger partial charge in [-0.1, -0.05) is 38.8 Å². The quantitative estimate of drug-likeness (QED) is 0.780. The van der Waals surface area contributed by atoms with E-state index in [2.05, 4.69) is 26.1 Å². The Bertz CT molecular complexity index is 366. The molecule has 0 bridgehead atoms. The summed E-state index contributed by atoms with van der Waals surface area (Å²) in [6.45, 7) is 8.45. The second-order valence-corrected chi connectivity index (χ2v) is 5.70. The van der Waals surface area contributed by atoms with Gasteiger partial charge in [0.25, 0.3) is 0 Å². The molecule has 1 N–H and O–H groups in total. The summed E-state index contributed by atoms with van der Waals surface area (Å²) in [6, 6.07) is 4.78. The number of halogens is 2. The van der Waals surface area contributed by atoms with Crippen molar-refractivity contribution < 1.29 is 4.39 Å². The fraction of sp³-hybridized carbons (Fsp3) is 0.600. The van der Waals surface area contributed by atoms with Crippen molar-refractivity contribution in [2.75, 3.05) is 13.1 Å². The van der Waals surface area contributed by atoms with Gasteiger partial charge < -0.3 is 5.32 Å². The first kappa shape index (κ1) is 15.5. The Morgan fingerprint density at radius 3 is 2.61 bits per heavy atom. The molecule has 0 fully saturated rings. The van der Waals surface area contributed by atoms with Gasteiger partial charge in [-0.2, -0.15) is 0 Å². The molecular formula is C15H23ClFN. The van der Waals surface area contributed by atoms with Crippen molar-refractivity contribution in [1.29, 1.82) is 0 Å². The third-order valence-corrected chi connectivity index (χ3v) is 3.31. The molecule has 0 saturated heterocycles. The van der Waals surface area contributed by atoms with Gasteiger partial charge in [0.2, 0.25) is 0 Å². The summed E-state index contributed by atoms with van der Waals surface area (Å²) < 4.78 is 13.6. The van der Waals surface area contributed by atoms with Crippen molar-refractivity contribution in [3.63, 3.8) is 0 Å². The van der Waals surface area contributed by atoms with Crippen LogP contribution in [0.1, 0.15) is 32.8 Å². The Morgan fingerprint density at radius 2 is 2.00 bits per heavy atom. The Labute approximate surface area is 115 Å². The van der Waals surface area contributed by atoms with E-state index in [1.165, 1.54) is 6.07 Å². The van der Waals surface area contributed by atoms with Crippen LogP contribution in [0.25, 0.3) is 0 Å². The summed E-state index contributed by atoms with van der Waals surface area (Å²) in [4.78, 5) is 0. The SMILES string of the molecule is CCC(CNCC(C)C)Cc1cc(Cl)ccc1F. The lowest BCUT2D eigenvalue weighted by Crippen LogP contribution is -2.27. The van der Waals surface area contributed by atoms with E-state index in [-0.39, 0.29) is 5.82 Å². The highest BCUT2D eigenvalue weighted by Crippen LogP contribution is 2.19. The van der Waals surface area contributed by atoms with Gasteiger partial charge in [0, 0.05) is 5.02 Å². The fourth-order valence-corrected chi connectivity index (χ4v) is 2.14. The molecule has 1 nitrogen and oxygen atoms in total. The van der Waals surface area contributed by atoms with Gasteiger partial charge in [-0.05, 0) is 55.1 Å². The van der Waals surface area contributed by atoms with Crippen LogP contribution in [0.5, 0.6) is 0 Å². The summed E-state index contributed by atoms with van der Waals surface area (Å²) in [5.41, 5.74) is 0.723. The highest BCUT2D eigenvalue weighted by Gasteiger charge is 2.11. The summed E-state index contributed by atoms with van der Waals surface area (Å²) >= 11 is 5.91. The molecule has 0 aliphatic heterocycles. The van der Waals surface area contributed by atoms with Crippen molar-refractivity contribution in [3.05, 3.63) is 34.6 Å². The van der Waals surface area contributed by atoms with Crippen LogP contribution >= 0.6 is 11.6 Å². The van der Waals surface area contributed by atoms with Crippen LogP contribution in [0.2, 0.25) is 5.02 Å². The van der Waals surface area contributed by atoms with Gasteiger partial charge in [-0.25, -0.2) is 4.39 Å². The third kappa shape index (κ3) is 5.36. The first-order valence-corrected chi connectivity index (χ1v) is 7.05. The van der Waals surface area contributed by atoms with Crippen molar-refractivity contribution in [2.45, 2.75) is 33.6 Å². The van der Waals surface area contributed by atoms with Gasteiger partial charge in [0.1, 0.15) is 5.82 Å². The van der Waals surface area contributed by atoms with E-state index in [9.17, 15) is 4.39 Å². The van der Waals surface area contributed by atoms with Crippen LogP contribution in [0.3, 0.4) is 0 Å². The summed E-state index contributed by atoms with van der Waals surface area (Å²) in [6.07, 6.45) is 1.78. The van der Waals surface area contributed by atoms with E-state index in [0.29, 0.717) is 16.9 Å². The van der Waals surface area contributed by atoms with E-state index < -0.39 is 0 Å². The molecule has 1 atom stereocenters. The highest BCUT2D eigenvalue weighted by molar-refractivity contribution is 6.30. The van der Waals surface area contributed by atoms with Crippen LogP contribution < -0.4 is 5.32 Å². The average Bonchev–Trinajstić information content (AvgIpc) is 2.32. The Morgan fingerprint density at radius 1 is 1.28 bits per heavy atom. The minimum absolute atomic E-state index is 0.151. The van der Waals surface area contributed by atoms with Crippen LogP contribution in [0.4, 0.5) is 4.39 Å². The zero-order chi connectivity index (χ0) is 13.5. The lowest BCUT2D eigenvalue weighted by Gasteiger charge is -2.17. The first-order valence-electron chi connectivity index (χ1n) is 6.67. The lowest BCUT2D eigenvalue weighted by atomic mass is 9.96. The van der Waals surface area contributed by atoms with Gasteiger partial charge in [0.05, 0.1) is 0 Å². The van der Waals surface area contributed by atoms with E-state index >= 15 is 0 Å². The Hall–Kier alpha value is -0.600. The fourth-order valence-electron chi connectivity index (χ4n) is 1.95. The van der Waals surface area contributed by atoms with E-state index in [0.717, 1.165) is 31.5 Å². The number of nitrogens with one attached hydrogen (secondary N) is 1. The van der Waals surface area contributed by atoms with Crippen LogP contribution in [0, 0.1) is 17.7 Å². The second kappa shape index (κ2) is 7.75. The van der Waals surface area contributed by atoms with Gasteiger partial charge >= 0.3 is 0 Å². The zero-order valence-electron chi connectivity index (χ0n) is 11.5. The molecule has 0 aliphatic carbocycles. The molecule has 0 aliphatic rings. The molecule has 0 heterocycles. The molecule has 1 aromatic carbocycles. The third-order valence-electron chi connectivity index (χ3n) is 3.08. The molecule has 0 spiro atoms. The molecule has 0 aromatic heterocycles. The van der Waals surface area contributed by atoms with Gasteiger partial charge in [-0.3, -0.25) is 0 Å². The molecule has 1 unspecified atom stereocenters. The lowest BCUT2D eigenvalue weighted by molar-refractivity contribution is 0.431. The van der Waals surface area contributed by atoms with E-state index in [4.69, 9.17) is 11.6 Å². The molecule has 0 amide bonds. The largest absolute Gasteiger partial charge is 0.316 e. The maximum absolute atomic E-state index is 13.6. The zero-order valence-corrected chi connectivity index (χ0v) is 12.2. The molecule has 0 radical (unpaired) electrons. The predicted octanol–water partition coefficient (Wildman–Crippen LogP) is 4.29. The normalized spacial score (nSPS) is 13.0. The molecular weight excluding hydrogens is 249 g/mol. The molecule has 1 aromatic rings. The van der Waals surface area contributed by atoms with Crippen molar-refractivity contribution >= 4 is 11.6 Å². The summed E-state index contributed by atoms with van der Waals surface area (Å²) in [5, 5.41) is 4.04. The molecule has 18 heavy (non-hydrogen) atoms.